The second-order valence-corrected chi connectivity index (χ2v) is 4.54. The molecule has 0 bridgehead atoms. The molecule has 1 aliphatic carbocycles. The largest absolute Gasteiger partial charge is 0.448 e. The van der Waals surface area contributed by atoms with Gasteiger partial charge in [0.05, 0.1) is 11.8 Å². The van der Waals surface area contributed by atoms with Crippen LogP contribution in [0.15, 0.2) is 10.8 Å². The summed E-state index contributed by atoms with van der Waals surface area (Å²) in [5.41, 5.74) is 1.04. The molecule has 3 nitrogen and oxygen atoms in total. The van der Waals surface area contributed by atoms with Gasteiger partial charge in [-0.2, -0.15) is 0 Å². The molecule has 1 aromatic heterocycles. The van der Waals surface area contributed by atoms with E-state index in [9.17, 15) is 0 Å². The molecule has 0 N–H and O–H groups in total. The maximum atomic E-state index is 5.53. The molecule has 0 spiro atoms. The zero-order chi connectivity index (χ0) is 10.7. The summed E-state index contributed by atoms with van der Waals surface area (Å²) >= 11 is 3.41. The molecule has 0 saturated heterocycles. The van der Waals surface area contributed by atoms with Gasteiger partial charge in [-0.1, -0.05) is 15.9 Å². The number of halogens is 1. The first-order valence-corrected chi connectivity index (χ1v) is 6.54. The molecule has 15 heavy (non-hydrogen) atoms. The Balaban J connectivity index is 1.79. The molecule has 1 saturated carbocycles. The minimum absolute atomic E-state index is 0.482. The molecule has 84 valence electrons. The number of nitrogens with zero attached hydrogens (tertiary/aromatic N) is 1. The minimum Gasteiger partial charge on any atom is -0.448 e. The predicted molar refractivity (Wildman–Crippen MR) is 61.0 cm³/mol. The molecule has 1 heterocycles. The first-order valence-electron chi connectivity index (χ1n) is 5.42. The topological polar surface area (TPSA) is 35.3 Å². The van der Waals surface area contributed by atoms with Gasteiger partial charge in [0.1, 0.15) is 5.76 Å². The molecule has 0 aromatic carbocycles. The quantitative estimate of drug-likeness (QED) is 0.774. The smallest absolute Gasteiger partial charge is 0.181 e. The van der Waals surface area contributed by atoms with Gasteiger partial charge < -0.3 is 9.15 Å². The van der Waals surface area contributed by atoms with E-state index >= 15 is 0 Å². The second kappa shape index (κ2) is 5.12. The average Bonchev–Trinajstić information content (AvgIpc) is 2.62. The van der Waals surface area contributed by atoms with E-state index in [0.29, 0.717) is 12.0 Å². The summed E-state index contributed by atoms with van der Waals surface area (Å²) in [6, 6.07) is 0. The van der Waals surface area contributed by atoms with Crippen LogP contribution in [0.25, 0.3) is 0 Å². The third kappa shape index (κ3) is 2.61. The standard InChI is InChI=1S/C11H16BrNO2/c1-2-14-9-3-8(4-9)5-11-10(6-12)13-7-15-11/h7-9H,2-6H2,1H3. The first kappa shape index (κ1) is 11.1. The Hall–Kier alpha value is -0.350. The minimum atomic E-state index is 0.482. The number of aromatic nitrogens is 1. The average molecular weight is 274 g/mol. The van der Waals surface area contributed by atoms with Crippen molar-refractivity contribution in [3.63, 3.8) is 0 Å². The highest BCUT2D eigenvalue weighted by Crippen LogP contribution is 2.33. The maximum absolute atomic E-state index is 5.53. The number of oxazole rings is 1. The highest BCUT2D eigenvalue weighted by Gasteiger charge is 2.30. The molecule has 0 aliphatic heterocycles. The highest BCUT2D eigenvalue weighted by atomic mass is 79.9. The fourth-order valence-electron chi connectivity index (χ4n) is 2.04. The van der Waals surface area contributed by atoms with Gasteiger partial charge in [0, 0.05) is 18.4 Å². The van der Waals surface area contributed by atoms with Gasteiger partial charge in [-0.3, -0.25) is 0 Å². The van der Waals surface area contributed by atoms with Crippen LogP contribution >= 0.6 is 15.9 Å². The Morgan fingerprint density at radius 1 is 1.60 bits per heavy atom. The maximum Gasteiger partial charge on any atom is 0.181 e. The molecule has 1 fully saturated rings. The summed E-state index contributed by atoms with van der Waals surface area (Å²) in [4.78, 5) is 4.16. The summed E-state index contributed by atoms with van der Waals surface area (Å²) in [5, 5.41) is 0.778. The lowest BCUT2D eigenvalue weighted by Gasteiger charge is -2.34. The van der Waals surface area contributed by atoms with Crippen molar-refractivity contribution < 1.29 is 9.15 Å². The number of rotatable bonds is 5. The zero-order valence-corrected chi connectivity index (χ0v) is 10.5. The van der Waals surface area contributed by atoms with E-state index in [1.54, 1.807) is 0 Å². The molecule has 1 aromatic rings. The molecule has 0 unspecified atom stereocenters. The third-order valence-electron chi connectivity index (χ3n) is 2.92. The fourth-order valence-corrected chi connectivity index (χ4v) is 2.50. The van der Waals surface area contributed by atoms with E-state index in [2.05, 4.69) is 20.9 Å². The number of alkyl halides is 1. The zero-order valence-electron chi connectivity index (χ0n) is 8.91. The van der Waals surface area contributed by atoms with Gasteiger partial charge in [0.25, 0.3) is 0 Å². The van der Waals surface area contributed by atoms with Crippen LogP contribution in [0.4, 0.5) is 0 Å². The van der Waals surface area contributed by atoms with Crippen LogP contribution in [-0.4, -0.2) is 17.7 Å². The molecule has 0 radical (unpaired) electrons. The SMILES string of the molecule is CCOC1CC(Cc2ocnc2CBr)C1. The first-order chi connectivity index (χ1) is 7.33. The van der Waals surface area contributed by atoms with Gasteiger partial charge >= 0.3 is 0 Å². The van der Waals surface area contributed by atoms with E-state index in [-0.39, 0.29) is 0 Å². The normalized spacial score (nSPS) is 25.2. The second-order valence-electron chi connectivity index (χ2n) is 3.97. The number of ether oxygens (including phenoxy) is 1. The molecular formula is C11H16BrNO2. The molecule has 0 amide bonds. The van der Waals surface area contributed by atoms with Crippen molar-refractivity contribution in [2.45, 2.75) is 37.6 Å². The molecule has 4 heteroatoms. The predicted octanol–water partition coefficient (Wildman–Crippen LogP) is 2.93. The Morgan fingerprint density at radius 2 is 2.40 bits per heavy atom. The lowest BCUT2D eigenvalue weighted by molar-refractivity contribution is -0.0252. The van der Waals surface area contributed by atoms with Crippen molar-refractivity contribution >= 4 is 15.9 Å². The summed E-state index contributed by atoms with van der Waals surface area (Å²) < 4.78 is 10.9. The fraction of sp³-hybridized carbons (Fsp3) is 0.727. The molecule has 1 aliphatic rings. The van der Waals surface area contributed by atoms with Crippen molar-refractivity contribution in [3.8, 4) is 0 Å². The Bertz CT molecular complexity index is 307. The van der Waals surface area contributed by atoms with Gasteiger partial charge in [-0.15, -0.1) is 0 Å². The van der Waals surface area contributed by atoms with Gasteiger partial charge in [0.15, 0.2) is 6.39 Å². The molecule has 2 rings (SSSR count). The van der Waals surface area contributed by atoms with E-state index in [0.717, 1.165) is 42.7 Å². The van der Waals surface area contributed by atoms with E-state index in [1.165, 1.54) is 6.39 Å². The lowest BCUT2D eigenvalue weighted by Crippen LogP contribution is -2.32. The van der Waals surface area contributed by atoms with Gasteiger partial charge in [0.2, 0.25) is 0 Å². The van der Waals surface area contributed by atoms with Crippen molar-refractivity contribution in [2.75, 3.05) is 6.61 Å². The summed E-state index contributed by atoms with van der Waals surface area (Å²) in [5.74, 6) is 1.75. The third-order valence-corrected chi connectivity index (χ3v) is 3.45. The van der Waals surface area contributed by atoms with Gasteiger partial charge in [-0.25, -0.2) is 4.98 Å². The van der Waals surface area contributed by atoms with Crippen LogP contribution in [0, 0.1) is 5.92 Å². The molecule has 0 atom stereocenters. The van der Waals surface area contributed by atoms with Crippen molar-refractivity contribution in [3.05, 3.63) is 17.8 Å². The highest BCUT2D eigenvalue weighted by molar-refractivity contribution is 9.08. The molecular weight excluding hydrogens is 258 g/mol. The summed E-state index contributed by atoms with van der Waals surface area (Å²) in [7, 11) is 0. The van der Waals surface area contributed by atoms with E-state index in [1.807, 2.05) is 6.92 Å². The monoisotopic (exact) mass is 273 g/mol. The van der Waals surface area contributed by atoms with Gasteiger partial charge in [-0.05, 0) is 25.7 Å². The Morgan fingerprint density at radius 3 is 3.07 bits per heavy atom. The number of hydrogen-bond donors (Lipinski definition) is 0. The van der Waals surface area contributed by atoms with Crippen LogP contribution in [0.1, 0.15) is 31.2 Å². The summed E-state index contributed by atoms with van der Waals surface area (Å²) in [6.07, 6.45) is 5.34. The number of hydrogen-bond acceptors (Lipinski definition) is 3. The Labute approximate surface area is 98.3 Å². The van der Waals surface area contributed by atoms with Crippen LogP contribution in [0.5, 0.6) is 0 Å². The van der Waals surface area contributed by atoms with E-state index in [4.69, 9.17) is 9.15 Å². The van der Waals surface area contributed by atoms with Crippen LogP contribution in [0.2, 0.25) is 0 Å². The van der Waals surface area contributed by atoms with Crippen LogP contribution in [-0.2, 0) is 16.5 Å². The van der Waals surface area contributed by atoms with E-state index < -0.39 is 0 Å². The Kier molecular flexibility index (Phi) is 3.81. The lowest BCUT2D eigenvalue weighted by atomic mass is 9.79. The van der Waals surface area contributed by atoms with Crippen molar-refractivity contribution in [2.24, 2.45) is 5.92 Å². The van der Waals surface area contributed by atoms with Crippen LogP contribution in [0.3, 0.4) is 0 Å². The summed E-state index contributed by atoms with van der Waals surface area (Å²) in [6.45, 7) is 2.87. The van der Waals surface area contributed by atoms with Crippen molar-refractivity contribution in [1.29, 1.82) is 0 Å². The van der Waals surface area contributed by atoms with Crippen molar-refractivity contribution in [1.82, 2.24) is 4.98 Å². The van der Waals surface area contributed by atoms with Crippen LogP contribution < -0.4 is 0 Å².